The van der Waals surface area contributed by atoms with Gasteiger partial charge < -0.3 is 38.3 Å². The number of carbonyl (C=O) groups excluding carboxylic acids is 5. The number of thioether (sulfide) groups is 1. The van der Waals surface area contributed by atoms with Gasteiger partial charge in [-0.25, -0.2) is 4.79 Å². The van der Waals surface area contributed by atoms with Crippen LogP contribution < -0.4 is 33.2 Å². The van der Waals surface area contributed by atoms with Crippen molar-refractivity contribution < 1.29 is 33.9 Å². The number of carbonyl (C=O) groups is 6. The van der Waals surface area contributed by atoms with Crippen molar-refractivity contribution in [2.45, 2.75) is 76.5 Å². The molecular formula is C21H38N6O7S. The summed E-state index contributed by atoms with van der Waals surface area (Å²) in [6, 6.07) is -4.53. The smallest absolute Gasteiger partial charge is 0.326 e. The van der Waals surface area contributed by atoms with E-state index in [4.69, 9.17) is 17.2 Å². The summed E-state index contributed by atoms with van der Waals surface area (Å²) < 4.78 is 0. The van der Waals surface area contributed by atoms with E-state index in [1.54, 1.807) is 13.8 Å². The van der Waals surface area contributed by atoms with Crippen LogP contribution in [0.3, 0.4) is 0 Å². The van der Waals surface area contributed by atoms with Crippen molar-refractivity contribution in [3.8, 4) is 0 Å². The van der Waals surface area contributed by atoms with E-state index in [2.05, 4.69) is 16.0 Å². The Morgan fingerprint density at radius 3 is 1.86 bits per heavy atom. The summed E-state index contributed by atoms with van der Waals surface area (Å²) in [7, 11) is 0. The molecule has 0 aromatic heterocycles. The Kier molecular flexibility index (Phi) is 15.3. The van der Waals surface area contributed by atoms with Crippen LogP contribution in [0.5, 0.6) is 0 Å². The maximum absolute atomic E-state index is 13.0. The van der Waals surface area contributed by atoms with Crippen molar-refractivity contribution >= 4 is 47.3 Å². The molecule has 0 saturated heterocycles. The van der Waals surface area contributed by atoms with Gasteiger partial charge >= 0.3 is 5.97 Å². The Bertz CT molecular complexity index is 766. The Morgan fingerprint density at radius 2 is 1.37 bits per heavy atom. The normalized spacial score (nSPS) is 15.1. The monoisotopic (exact) mass is 518 g/mol. The minimum Gasteiger partial charge on any atom is -0.480 e. The number of nitrogens with one attached hydrogen (secondary N) is 3. The van der Waals surface area contributed by atoms with E-state index in [1.807, 2.05) is 6.26 Å². The second kappa shape index (κ2) is 16.7. The molecule has 0 fully saturated rings. The summed E-state index contributed by atoms with van der Waals surface area (Å²) in [6.45, 7) is 3.50. The molecule has 0 aliphatic carbocycles. The molecule has 5 unspecified atom stereocenters. The van der Waals surface area contributed by atoms with E-state index < -0.39 is 59.7 Å². The van der Waals surface area contributed by atoms with Crippen LogP contribution in [-0.2, 0) is 28.8 Å². The molecule has 5 atom stereocenters. The molecule has 0 bridgehead atoms. The lowest BCUT2D eigenvalue weighted by atomic mass is 9.97. The first-order valence-electron chi connectivity index (χ1n) is 11.3. The van der Waals surface area contributed by atoms with Gasteiger partial charge in [0, 0.05) is 12.8 Å². The molecule has 14 heteroatoms. The third-order valence-corrected chi connectivity index (χ3v) is 6.01. The average Bonchev–Trinajstić information content (AvgIpc) is 2.79. The van der Waals surface area contributed by atoms with Gasteiger partial charge in [0.15, 0.2) is 0 Å². The zero-order valence-electron chi connectivity index (χ0n) is 20.4. The number of hydrogen-bond acceptors (Lipinski definition) is 8. The summed E-state index contributed by atoms with van der Waals surface area (Å²) >= 11 is 1.45. The molecule has 200 valence electrons. The highest BCUT2D eigenvalue weighted by Gasteiger charge is 2.32. The van der Waals surface area contributed by atoms with Gasteiger partial charge in [0.1, 0.15) is 18.1 Å². The molecule has 35 heavy (non-hydrogen) atoms. The summed E-state index contributed by atoms with van der Waals surface area (Å²) in [5.41, 5.74) is 15.9. The topological polar surface area (TPSA) is 237 Å². The lowest BCUT2D eigenvalue weighted by Crippen LogP contribution is -2.58. The van der Waals surface area contributed by atoms with Crippen LogP contribution in [0, 0.1) is 5.92 Å². The van der Waals surface area contributed by atoms with Gasteiger partial charge in [-0.05, 0) is 37.2 Å². The SMILES string of the molecule is CCC(C)C(NC(=O)C(CCSC)NC(=O)C(N)CCC(N)=O)C(=O)NC(CCC(N)=O)C(=O)O. The molecule has 0 heterocycles. The van der Waals surface area contributed by atoms with Crippen molar-refractivity contribution in [1.29, 1.82) is 0 Å². The highest BCUT2D eigenvalue weighted by Crippen LogP contribution is 2.11. The van der Waals surface area contributed by atoms with Crippen LogP contribution in [0.4, 0.5) is 0 Å². The van der Waals surface area contributed by atoms with Crippen molar-refractivity contribution in [3.05, 3.63) is 0 Å². The Labute approximate surface area is 209 Å². The third-order valence-electron chi connectivity index (χ3n) is 5.37. The third kappa shape index (κ3) is 13.0. The largest absolute Gasteiger partial charge is 0.480 e. The molecule has 0 aromatic rings. The highest BCUT2D eigenvalue weighted by atomic mass is 32.2. The lowest BCUT2D eigenvalue weighted by Gasteiger charge is -2.28. The van der Waals surface area contributed by atoms with Crippen molar-refractivity contribution in [1.82, 2.24) is 16.0 Å². The van der Waals surface area contributed by atoms with Crippen molar-refractivity contribution in [2.75, 3.05) is 12.0 Å². The maximum Gasteiger partial charge on any atom is 0.326 e. The fourth-order valence-electron chi connectivity index (χ4n) is 2.97. The molecular weight excluding hydrogens is 480 g/mol. The van der Waals surface area contributed by atoms with Gasteiger partial charge in [-0.2, -0.15) is 11.8 Å². The number of hydrogen-bond donors (Lipinski definition) is 7. The Hall–Kier alpha value is -2.87. The number of carboxylic acids is 1. The first-order chi connectivity index (χ1) is 16.3. The number of nitrogens with two attached hydrogens (primary N) is 3. The maximum atomic E-state index is 13.0. The molecule has 0 aromatic carbocycles. The number of carboxylic acid groups (broad SMARTS) is 1. The molecule has 5 amide bonds. The minimum atomic E-state index is -1.37. The van der Waals surface area contributed by atoms with E-state index in [0.29, 0.717) is 12.2 Å². The van der Waals surface area contributed by atoms with E-state index in [9.17, 15) is 33.9 Å². The zero-order chi connectivity index (χ0) is 27.1. The highest BCUT2D eigenvalue weighted by molar-refractivity contribution is 7.98. The molecule has 0 aliphatic heterocycles. The molecule has 0 saturated carbocycles. The minimum absolute atomic E-state index is 0.0117. The lowest BCUT2D eigenvalue weighted by molar-refractivity contribution is -0.143. The fraction of sp³-hybridized carbons (Fsp3) is 0.714. The van der Waals surface area contributed by atoms with Gasteiger partial charge in [0.05, 0.1) is 6.04 Å². The molecule has 13 nitrogen and oxygen atoms in total. The molecule has 0 spiro atoms. The molecule has 0 radical (unpaired) electrons. The average molecular weight is 519 g/mol. The number of rotatable bonds is 18. The van der Waals surface area contributed by atoms with Crippen molar-refractivity contribution in [2.24, 2.45) is 23.1 Å². The summed E-state index contributed by atoms with van der Waals surface area (Å²) in [5.74, 6) is -4.54. The molecule has 0 aliphatic rings. The van der Waals surface area contributed by atoms with Gasteiger partial charge in [-0.1, -0.05) is 20.3 Å². The van der Waals surface area contributed by atoms with Crippen LogP contribution in [0.25, 0.3) is 0 Å². The van der Waals surface area contributed by atoms with Gasteiger partial charge in [-0.3, -0.25) is 24.0 Å². The number of primary amides is 2. The van der Waals surface area contributed by atoms with Crippen LogP contribution in [0.2, 0.25) is 0 Å². The number of aliphatic carboxylic acids is 1. The Morgan fingerprint density at radius 1 is 0.829 bits per heavy atom. The summed E-state index contributed by atoms with van der Waals surface area (Å²) in [6.07, 6.45) is 2.03. The van der Waals surface area contributed by atoms with Gasteiger partial charge in [-0.15, -0.1) is 0 Å². The zero-order valence-corrected chi connectivity index (χ0v) is 21.2. The quantitative estimate of drug-likeness (QED) is 0.108. The molecule has 10 N–H and O–H groups in total. The predicted octanol–water partition coefficient (Wildman–Crippen LogP) is -1.82. The predicted molar refractivity (Wildman–Crippen MR) is 131 cm³/mol. The Balaban J connectivity index is 5.49. The second-order valence-electron chi connectivity index (χ2n) is 8.23. The van der Waals surface area contributed by atoms with Crippen molar-refractivity contribution in [3.63, 3.8) is 0 Å². The first-order valence-corrected chi connectivity index (χ1v) is 12.7. The van der Waals surface area contributed by atoms with E-state index >= 15 is 0 Å². The van der Waals surface area contributed by atoms with Gasteiger partial charge in [0.25, 0.3) is 0 Å². The molecule has 0 rings (SSSR count). The fourth-order valence-corrected chi connectivity index (χ4v) is 3.44. The standard InChI is InChI=1S/C21H38N6O7S/c1-4-11(2)17(20(32)26-14(21(33)34)6-8-16(24)29)27-19(31)13(9-10-35-3)25-18(30)12(22)5-7-15(23)28/h11-14,17H,4-10,22H2,1-3H3,(H2,23,28)(H2,24,29)(H,25,30)(H,26,32)(H,27,31)(H,33,34). The van der Waals surface area contributed by atoms with E-state index in [0.717, 1.165) is 0 Å². The van der Waals surface area contributed by atoms with E-state index in [1.165, 1.54) is 11.8 Å². The van der Waals surface area contributed by atoms with Crippen LogP contribution in [-0.4, -0.2) is 76.8 Å². The van der Waals surface area contributed by atoms with Crippen LogP contribution >= 0.6 is 11.8 Å². The summed E-state index contributed by atoms with van der Waals surface area (Å²) in [4.78, 5) is 71.8. The van der Waals surface area contributed by atoms with E-state index in [-0.39, 0.29) is 38.0 Å². The van der Waals surface area contributed by atoms with Crippen LogP contribution in [0.15, 0.2) is 0 Å². The second-order valence-corrected chi connectivity index (χ2v) is 9.22. The van der Waals surface area contributed by atoms with Gasteiger partial charge in [0.2, 0.25) is 29.5 Å². The summed E-state index contributed by atoms with van der Waals surface area (Å²) in [5, 5.41) is 16.9. The van der Waals surface area contributed by atoms with Crippen LogP contribution in [0.1, 0.15) is 52.4 Å². The first kappa shape index (κ1) is 32.1. The number of amides is 5.